The molecule has 0 atom stereocenters. The van der Waals surface area contributed by atoms with Crippen LogP contribution in [-0.4, -0.2) is 43.5 Å². The number of halogens is 1. The molecule has 1 aliphatic heterocycles. The Balaban J connectivity index is 1.39. The molecule has 4 rings (SSSR count). The second-order valence-corrected chi connectivity index (χ2v) is 7.95. The standard InChI is InChI=1S/C21H22FN3OS/c22-16-6-4-15(5-7-16)8-9-24-10-12-25(13-11-24)18-2-1-3-19-17(18)14-20(27-19)21(23)26/h1-7,14H,8-13H2,(H2,23,26). The van der Waals surface area contributed by atoms with Gasteiger partial charge in [-0.05, 0) is 42.3 Å². The first-order chi connectivity index (χ1) is 13.1. The van der Waals surface area contributed by atoms with Gasteiger partial charge in [-0.2, -0.15) is 0 Å². The average Bonchev–Trinajstić information content (AvgIpc) is 3.13. The quantitative estimate of drug-likeness (QED) is 0.734. The Morgan fingerprint density at radius 3 is 2.52 bits per heavy atom. The summed E-state index contributed by atoms with van der Waals surface area (Å²) < 4.78 is 14.1. The Morgan fingerprint density at radius 2 is 1.81 bits per heavy atom. The largest absolute Gasteiger partial charge is 0.368 e. The number of hydrogen-bond acceptors (Lipinski definition) is 4. The smallest absolute Gasteiger partial charge is 0.258 e. The third-order valence-corrected chi connectivity index (χ3v) is 6.24. The summed E-state index contributed by atoms with van der Waals surface area (Å²) in [4.78, 5) is 16.9. The van der Waals surface area contributed by atoms with Crippen LogP contribution in [0.15, 0.2) is 48.5 Å². The predicted octanol–water partition coefficient (Wildman–Crippen LogP) is 3.50. The monoisotopic (exact) mass is 383 g/mol. The van der Waals surface area contributed by atoms with Crippen molar-refractivity contribution in [3.8, 4) is 0 Å². The van der Waals surface area contributed by atoms with Crippen molar-refractivity contribution in [3.63, 3.8) is 0 Å². The molecule has 140 valence electrons. The molecular formula is C21H22FN3OS. The maximum Gasteiger partial charge on any atom is 0.258 e. The Labute approximate surface area is 162 Å². The van der Waals surface area contributed by atoms with Crippen LogP contribution in [0.5, 0.6) is 0 Å². The van der Waals surface area contributed by atoms with Crippen molar-refractivity contribution in [2.24, 2.45) is 5.73 Å². The van der Waals surface area contributed by atoms with Gasteiger partial charge in [0.1, 0.15) is 5.82 Å². The van der Waals surface area contributed by atoms with Crippen LogP contribution in [0.25, 0.3) is 10.1 Å². The van der Waals surface area contributed by atoms with Gasteiger partial charge in [-0.1, -0.05) is 18.2 Å². The van der Waals surface area contributed by atoms with Crippen molar-refractivity contribution >= 4 is 33.0 Å². The molecule has 0 radical (unpaired) electrons. The van der Waals surface area contributed by atoms with Crippen LogP contribution in [0, 0.1) is 5.82 Å². The molecular weight excluding hydrogens is 361 g/mol. The van der Waals surface area contributed by atoms with E-state index in [1.54, 1.807) is 0 Å². The number of nitrogens with zero attached hydrogens (tertiary/aromatic N) is 2. The number of piperazine rings is 1. The summed E-state index contributed by atoms with van der Waals surface area (Å²) in [5.74, 6) is -0.553. The Morgan fingerprint density at radius 1 is 1.07 bits per heavy atom. The van der Waals surface area contributed by atoms with Crippen LogP contribution in [0.2, 0.25) is 0 Å². The van der Waals surface area contributed by atoms with Gasteiger partial charge in [0.25, 0.3) is 5.91 Å². The number of anilines is 1. The molecule has 0 unspecified atom stereocenters. The number of thiophene rings is 1. The van der Waals surface area contributed by atoms with Crippen molar-refractivity contribution in [1.82, 2.24) is 4.90 Å². The van der Waals surface area contributed by atoms with Crippen molar-refractivity contribution in [1.29, 1.82) is 0 Å². The van der Waals surface area contributed by atoms with Gasteiger partial charge in [0.05, 0.1) is 4.88 Å². The van der Waals surface area contributed by atoms with Crippen LogP contribution in [0.3, 0.4) is 0 Å². The topological polar surface area (TPSA) is 49.6 Å². The molecule has 2 aromatic carbocycles. The van der Waals surface area contributed by atoms with Gasteiger partial charge in [0, 0.05) is 48.5 Å². The number of amides is 1. The van der Waals surface area contributed by atoms with E-state index in [-0.39, 0.29) is 11.7 Å². The number of fused-ring (bicyclic) bond motifs is 1. The Kier molecular flexibility index (Phi) is 5.09. The molecule has 1 aliphatic rings. The molecule has 0 aliphatic carbocycles. The van der Waals surface area contributed by atoms with Crippen LogP contribution < -0.4 is 10.6 Å². The zero-order valence-corrected chi connectivity index (χ0v) is 15.8. The number of rotatable bonds is 5. The van der Waals surface area contributed by atoms with Gasteiger partial charge < -0.3 is 10.6 Å². The van der Waals surface area contributed by atoms with E-state index in [1.165, 1.54) is 34.7 Å². The number of nitrogens with two attached hydrogens (primary N) is 1. The van der Waals surface area contributed by atoms with E-state index in [2.05, 4.69) is 15.9 Å². The molecule has 0 spiro atoms. The Hall–Kier alpha value is -2.44. The molecule has 1 amide bonds. The lowest BCUT2D eigenvalue weighted by atomic mass is 10.1. The number of carbonyl (C=O) groups is 1. The summed E-state index contributed by atoms with van der Waals surface area (Å²) in [6.07, 6.45) is 0.933. The van der Waals surface area contributed by atoms with Crippen LogP contribution in [0.4, 0.5) is 10.1 Å². The van der Waals surface area contributed by atoms with Gasteiger partial charge in [0.2, 0.25) is 0 Å². The fraction of sp³-hybridized carbons (Fsp3) is 0.286. The molecule has 2 N–H and O–H groups in total. The summed E-state index contributed by atoms with van der Waals surface area (Å²) in [6, 6.07) is 14.9. The Bertz CT molecular complexity index is 946. The van der Waals surface area contributed by atoms with E-state index in [0.717, 1.165) is 49.2 Å². The third-order valence-electron chi connectivity index (χ3n) is 5.12. The van der Waals surface area contributed by atoms with Gasteiger partial charge >= 0.3 is 0 Å². The van der Waals surface area contributed by atoms with Crippen molar-refractivity contribution in [3.05, 3.63) is 64.8 Å². The summed E-state index contributed by atoms with van der Waals surface area (Å²) in [7, 11) is 0. The van der Waals surface area contributed by atoms with Gasteiger partial charge in [0.15, 0.2) is 0 Å². The summed E-state index contributed by atoms with van der Waals surface area (Å²) in [5.41, 5.74) is 7.79. The molecule has 6 heteroatoms. The average molecular weight is 383 g/mol. The molecule has 1 fully saturated rings. The number of carbonyl (C=O) groups excluding carboxylic acids is 1. The maximum absolute atomic E-state index is 13.0. The maximum atomic E-state index is 13.0. The molecule has 27 heavy (non-hydrogen) atoms. The van der Waals surface area contributed by atoms with Gasteiger partial charge in [-0.3, -0.25) is 9.69 Å². The lowest BCUT2D eigenvalue weighted by molar-refractivity contribution is 0.100. The second kappa shape index (κ2) is 7.66. The lowest BCUT2D eigenvalue weighted by Crippen LogP contribution is -2.47. The molecule has 0 bridgehead atoms. The van der Waals surface area contributed by atoms with E-state index in [1.807, 2.05) is 30.3 Å². The van der Waals surface area contributed by atoms with E-state index >= 15 is 0 Å². The number of primary amides is 1. The highest BCUT2D eigenvalue weighted by atomic mass is 32.1. The van der Waals surface area contributed by atoms with E-state index in [4.69, 9.17) is 5.73 Å². The SMILES string of the molecule is NC(=O)c1cc2c(N3CCN(CCc4ccc(F)cc4)CC3)cccc2s1. The first-order valence-corrected chi connectivity index (χ1v) is 9.96. The van der Waals surface area contributed by atoms with Crippen molar-refractivity contribution in [2.75, 3.05) is 37.6 Å². The highest BCUT2D eigenvalue weighted by molar-refractivity contribution is 7.20. The molecule has 1 aromatic heterocycles. The normalized spacial score (nSPS) is 15.4. The van der Waals surface area contributed by atoms with Crippen LogP contribution in [0.1, 0.15) is 15.2 Å². The minimum atomic E-state index is -0.368. The summed E-state index contributed by atoms with van der Waals surface area (Å²) in [6.45, 7) is 4.86. The van der Waals surface area contributed by atoms with E-state index < -0.39 is 0 Å². The van der Waals surface area contributed by atoms with E-state index in [0.29, 0.717) is 4.88 Å². The van der Waals surface area contributed by atoms with E-state index in [9.17, 15) is 9.18 Å². The third kappa shape index (κ3) is 3.96. The molecule has 2 heterocycles. The zero-order valence-electron chi connectivity index (χ0n) is 15.0. The highest BCUT2D eigenvalue weighted by Crippen LogP contribution is 2.33. The first kappa shape index (κ1) is 17.9. The van der Waals surface area contributed by atoms with Gasteiger partial charge in [-0.15, -0.1) is 11.3 Å². The zero-order chi connectivity index (χ0) is 18.8. The fourth-order valence-electron chi connectivity index (χ4n) is 3.59. The van der Waals surface area contributed by atoms with Gasteiger partial charge in [-0.25, -0.2) is 4.39 Å². The minimum Gasteiger partial charge on any atom is -0.368 e. The highest BCUT2D eigenvalue weighted by Gasteiger charge is 2.19. The van der Waals surface area contributed by atoms with Crippen molar-refractivity contribution in [2.45, 2.75) is 6.42 Å². The fourth-order valence-corrected chi connectivity index (χ4v) is 4.53. The van der Waals surface area contributed by atoms with Crippen molar-refractivity contribution < 1.29 is 9.18 Å². The summed E-state index contributed by atoms with van der Waals surface area (Å²) >= 11 is 1.45. The number of hydrogen-bond donors (Lipinski definition) is 1. The van der Waals surface area contributed by atoms with Crippen LogP contribution in [-0.2, 0) is 6.42 Å². The minimum absolute atomic E-state index is 0.186. The second-order valence-electron chi connectivity index (χ2n) is 6.87. The first-order valence-electron chi connectivity index (χ1n) is 9.14. The predicted molar refractivity (Wildman–Crippen MR) is 109 cm³/mol. The molecule has 1 saturated heterocycles. The molecule has 4 nitrogen and oxygen atoms in total. The molecule has 3 aromatic rings. The van der Waals surface area contributed by atoms with Crippen LogP contribution >= 0.6 is 11.3 Å². The molecule has 0 saturated carbocycles. The number of benzene rings is 2. The summed E-state index contributed by atoms with van der Waals surface area (Å²) in [5, 5.41) is 1.11. The lowest BCUT2D eigenvalue weighted by Gasteiger charge is -2.36.